The molecule has 2 aromatic rings. The van der Waals surface area contributed by atoms with Crippen molar-refractivity contribution < 1.29 is 15.0 Å². The average Bonchev–Trinajstić information content (AvgIpc) is 2.53. The van der Waals surface area contributed by atoms with Gasteiger partial charge in [0.2, 0.25) is 5.91 Å². The molecular weight excluding hydrogens is 314 g/mol. The van der Waals surface area contributed by atoms with Crippen molar-refractivity contribution in [3.8, 4) is 0 Å². The smallest absolute Gasteiger partial charge is 0.223 e. The van der Waals surface area contributed by atoms with Crippen LogP contribution in [0.5, 0.6) is 0 Å². The lowest BCUT2D eigenvalue weighted by Crippen LogP contribution is -2.35. The molecule has 0 fully saturated rings. The zero-order valence-corrected chi connectivity index (χ0v) is 13.6. The molecule has 2 atom stereocenters. The number of aliphatic hydroxyl groups excluding tert-OH is 1. The van der Waals surface area contributed by atoms with Gasteiger partial charge in [-0.2, -0.15) is 0 Å². The van der Waals surface area contributed by atoms with E-state index < -0.39 is 11.7 Å². The van der Waals surface area contributed by atoms with Crippen LogP contribution in [0.4, 0.5) is 0 Å². The number of benzene rings is 2. The molecule has 0 aliphatic rings. The number of rotatable bonds is 6. The number of hydrogen-bond donors (Lipinski definition) is 3. The van der Waals surface area contributed by atoms with E-state index in [0.29, 0.717) is 16.1 Å². The molecule has 122 valence electrons. The van der Waals surface area contributed by atoms with Crippen molar-refractivity contribution in [2.24, 2.45) is 0 Å². The molecule has 0 bridgehead atoms. The van der Waals surface area contributed by atoms with Crippen LogP contribution in [0.3, 0.4) is 0 Å². The van der Waals surface area contributed by atoms with Gasteiger partial charge in [0.1, 0.15) is 0 Å². The van der Waals surface area contributed by atoms with Crippen LogP contribution in [0.15, 0.2) is 54.6 Å². The topological polar surface area (TPSA) is 69.6 Å². The number of halogens is 1. The maximum atomic E-state index is 12.0. The minimum atomic E-state index is -1.26. The van der Waals surface area contributed by atoms with E-state index in [-0.39, 0.29) is 18.9 Å². The first kappa shape index (κ1) is 17.5. The van der Waals surface area contributed by atoms with Crippen LogP contribution in [0, 0.1) is 0 Å². The molecule has 0 heterocycles. The summed E-state index contributed by atoms with van der Waals surface area (Å²) in [7, 11) is 0. The summed E-state index contributed by atoms with van der Waals surface area (Å²) in [4.78, 5) is 12.0. The SMILES string of the molecule is C[C@@](O)(CC(=O)NC[C@H](O)c1ccccc1Cl)c1ccccc1. The maximum Gasteiger partial charge on any atom is 0.223 e. The molecule has 2 rings (SSSR count). The van der Waals surface area contributed by atoms with E-state index in [1.165, 1.54) is 0 Å². The third-order valence-corrected chi connectivity index (χ3v) is 4.00. The minimum absolute atomic E-state index is 0.0352. The molecule has 3 N–H and O–H groups in total. The lowest BCUT2D eigenvalue weighted by atomic mass is 9.92. The van der Waals surface area contributed by atoms with Gasteiger partial charge in [-0.05, 0) is 18.6 Å². The molecule has 0 saturated carbocycles. The molecule has 0 spiro atoms. The van der Waals surface area contributed by atoms with Gasteiger partial charge >= 0.3 is 0 Å². The summed E-state index contributed by atoms with van der Waals surface area (Å²) in [6, 6.07) is 15.9. The van der Waals surface area contributed by atoms with E-state index in [2.05, 4.69) is 5.32 Å². The van der Waals surface area contributed by atoms with E-state index in [0.717, 1.165) is 0 Å². The van der Waals surface area contributed by atoms with E-state index >= 15 is 0 Å². The molecule has 0 aromatic heterocycles. The van der Waals surface area contributed by atoms with Gasteiger partial charge in [-0.1, -0.05) is 60.1 Å². The summed E-state index contributed by atoms with van der Waals surface area (Å²) in [5.74, 6) is -0.343. The van der Waals surface area contributed by atoms with Crippen LogP contribution in [0.1, 0.15) is 30.6 Å². The second kappa shape index (κ2) is 7.59. The highest BCUT2D eigenvalue weighted by Crippen LogP contribution is 2.25. The Morgan fingerprint density at radius 2 is 1.78 bits per heavy atom. The summed E-state index contributed by atoms with van der Waals surface area (Å²) in [5.41, 5.74) is -0.0353. The summed E-state index contributed by atoms with van der Waals surface area (Å²) < 4.78 is 0. The molecule has 4 nitrogen and oxygen atoms in total. The van der Waals surface area contributed by atoms with Crippen molar-refractivity contribution in [2.75, 3.05) is 6.54 Å². The Labute approximate surface area is 140 Å². The number of carbonyl (C=O) groups excluding carboxylic acids is 1. The number of nitrogens with one attached hydrogen (secondary N) is 1. The largest absolute Gasteiger partial charge is 0.387 e. The van der Waals surface area contributed by atoms with Gasteiger partial charge in [0, 0.05) is 17.1 Å². The molecule has 0 unspecified atom stereocenters. The number of hydrogen-bond acceptors (Lipinski definition) is 3. The number of amides is 1. The van der Waals surface area contributed by atoms with E-state index in [1.54, 1.807) is 43.3 Å². The highest BCUT2D eigenvalue weighted by atomic mass is 35.5. The molecule has 5 heteroatoms. The van der Waals surface area contributed by atoms with Crippen LogP contribution in [-0.4, -0.2) is 22.7 Å². The third-order valence-electron chi connectivity index (χ3n) is 3.66. The van der Waals surface area contributed by atoms with Crippen molar-refractivity contribution >= 4 is 17.5 Å². The maximum absolute atomic E-state index is 12.0. The first-order valence-electron chi connectivity index (χ1n) is 7.37. The van der Waals surface area contributed by atoms with Crippen molar-refractivity contribution in [1.29, 1.82) is 0 Å². The molecule has 1 amide bonds. The number of carbonyl (C=O) groups is 1. The van der Waals surface area contributed by atoms with Crippen LogP contribution < -0.4 is 5.32 Å². The van der Waals surface area contributed by atoms with Gasteiger partial charge in [-0.25, -0.2) is 0 Å². The second-order valence-electron chi connectivity index (χ2n) is 5.66. The van der Waals surface area contributed by atoms with Crippen LogP contribution in [-0.2, 0) is 10.4 Å². The average molecular weight is 334 g/mol. The van der Waals surface area contributed by atoms with Gasteiger partial charge in [-0.3, -0.25) is 4.79 Å². The predicted octanol–water partition coefficient (Wildman–Crippen LogP) is 2.79. The highest BCUT2D eigenvalue weighted by Gasteiger charge is 2.26. The fourth-order valence-electron chi connectivity index (χ4n) is 2.34. The Morgan fingerprint density at radius 1 is 1.17 bits per heavy atom. The standard InChI is InChI=1S/C18H20ClNO3/c1-18(23,13-7-3-2-4-8-13)11-17(22)20-12-16(21)14-9-5-6-10-15(14)19/h2-10,16,21,23H,11-12H2,1H3,(H,20,22)/t16-,18+/m0/s1. The zero-order chi connectivity index (χ0) is 16.9. The van der Waals surface area contributed by atoms with Crippen molar-refractivity contribution in [1.82, 2.24) is 5.32 Å². The molecule has 0 radical (unpaired) electrons. The van der Waals surface area contributed by atoms with Gasteiger partial charge in [-0.15, -0.1) is 0 Å². The number of aliphatic hydroxyl groups is 2. The molecule has 0 saturated heterocycles. The summed E-state index contributed by atoms with van der Waals surface area (Å²) in [5, 5.41) is 23.6. The second-order valence-corrected chi connectivity index (χ2v) is 6.07. The summed E-state index contributed by atoms with van der Waals surface area (Å²) >= 11 is 6.01. The van der Waals surface area contributed by atoms with Crippen LogP contribution in [0.2, 0.25) is 5.02 Å². The van der Waals surface area contributed by atoms with Crippen molar-refractivity contribution in [3.05, 3.63) is 70.7 Å². The Bertz CT molecular complexity index is 658. The van der Waals surface area contributed by atoms with Gasteiger partial charge in [0.15, 0.2) is 0 Å². The van der Waals surface area contributed by atoms with Crippen LogP contribution >= 0.6 is 11.6 Å². The van der Waals surface area contributed by atoms with Gasteiger partial charge < -0.3 is 15.5 Å². The Balaban J connectivity index is 1.91. The first-order valence-corrected chi connectivity index (χ1v) is 7.75. The fraction of sp³-hybridized carbons (Fsp3) is 0.278. The van der Waals surface area contributed by atoms with Crippen molar-refractivity contribution in [2.45, 2.75) is 25.0 Å². The van der Waals surface area contributed by atoms with E-state index in [4.69, 9.17) is 11.6 Å². The summed E-state index contributed by atoms with van der Waals surface area (Å²) in [6.45, 7) is 1.62. The minimum Gasteiger partial charge on any atom is -0.387 e. The lowest BCUT2D eigenvalue weighted by Gasteiger charge is -2.23. The van der Waals surface area contributed by atoms with Gasteiger partial charge in [0.25, 0.3) is 0 Å². The zero-order valence-electron chi connectivity index (χ0n) is 12.9. The highest BCUT2D eigenvalue weighted by molar-refractivity contribution is 6.31. The molecule has 2 aromatic carbocycles. The third kappa shape index (κ3) is 4.79. The molecule has 0 aliphatic carbocycles. The Hall–Kier alpha value is -1.88. The van der Waals surface area contributed by atoms with E-state index in [1.807, 2.05) is 18.2 Å². The molecular formula is C18H20ClNO3. The quantitative estimate of drug-likeness (QED) is 0.761. The van der Waals surface area contributed by atoms with Crippen LogP contribution in [0.25, 0.3) is 0 Å². The molecule has 0 aliphatic heterocycles. The fourth-order valence-corrected chi connectivity index (χ4v) is 2.60. The monoisotopic (exact) mass is 333 g/mol. The summed E-state index contributed by atoms with van der Waals surface area (Å²) in [6.07, 6.45) is -0.985. The Kier molecular flexibility index (Phi) is 5.77. The Morgan fingerprint density at radius 3 is 2.43 bits per heavy atom. The first-order chi connectivity index (χ1) is 10.9. The van der Waals surface area contributed by atoms with E-state index in [9.17, 15) is 15.0 Å². The van der Waals surface area contributed by atoms with Gasteiger partial charge in [0.05, 0.1) is 18.1 Å². The lowest BCUT2D eigenvalue weighted by molar-refractivity contribution is -0.126. The predicted molar refractivity (Wildman–Crippen MR) is 90.1 cm³/mol. The van der Waals surface area contributed by atoms with Crippen molar-refractivity contribution in [3.63, 3.8) is 0 Å². The molecule has 23 heavy (non-hydrogen) atoms. The normalized spacial score (nSPS) is 14.8.